The Kier molecular flexibility index (Phi) is 7.28. The molecular weight excluding hydrogens is 424 g/mol. The summed E-state index contributed by atoms with van der Waals surface area (Å²) in [4.78, 5) is 28.6. The largest absolute Gasteiger partial charge is 0.872 e. The summed E-state index contributed by atoms with van der Waals surface area (Å²) in [5.74, 6) is -1.24. The second-order valence-electron chi connectivity index (χ2n) is 8.27. The third-order valence-electron chi connectivity index (χ3n) is 5.66. The Labute approximate surface area is 193 Å². The zero-order valence-corrected chi connectivity index (χ0v) is 19.6. The summed E-state index contributed by atoms with van der Waals surface area (Å²) in [6.07, 6.45) is 0. The van der Waals surface area contributed by atoms with Gasteiger partial charge in [0.05, 0.1) is 46.9 Å². The minimum absolute atomic E-state index is 0.0561. The van der Waals surface area contributed by atoms with Crippen LogP contribution >= 0.6 is 0 Å². The van der Waals surface area contributed by atoms with E-state index >= 15 is 0 Å². The summed E-state index contributed by atoms with van der Waals surface area (Å²) in [7, 11) is 5.43. The number of amides is 1. The number of nitrogens with zero attached hydrogens (tertiary/aromatic N) is 1. The van der Waals surface area contributed by atoms with E-state index in [1.165, 1.54) is 18.1 Å². The highest BCUT2D eigenvalue weighted by Gasteiger charge is 2.44. The average Bonchev–Trinajstić information content (AvgIpc) is 3.03. The number of benzene rings is 2. The fourth-order valence-corrected chi connectivity index (χ4v) is 3.93. The third kappa shape index (κ3) is 4.80. The van der Waals surface area contributed by atoms with Crippen LogP contribution in [0.2, 0.25) is 0 Å². The predicted octanol–water partition coefficient (Wildman–Crippen LogP) is 0.476. The average molecular weight is 455 g/mol. The van der Waals surface area contributed by atoms with Crippen molar-refractivity contribution in [3.8, 4) is 17.2 Å². The molecule has 0 radical (unpaired) electrons. The molecule has 3 rings (SSSR count). The van der Waals surface area contributed by atoms with Crippen molar-refractivity contribution >= 4 is 17.4 Å². The Morgan fingerprint density at radius 2 is 1.91 bits per heavy atom. The molecule has 8 heteroatoms. The number of nitrogens with one attached hydrogen (secondary N) is 1. The Bertz CT molecular complexity index is 1090. The first-order valence-corrected chi connectivity index (χ1v) is 10.9. The minimum atomic E-state index is -0.877. The van der Waals surface area contributed by atoms with Crippen LogP contribution in [0, 0.1) is 6.92 Å². The molecule has 1 atom stereocenters. The molecule has 0 saturated carbocycles. The van der Waals surface area contributed by atoms with Gasteiger partial charge in [-0.05, 0) is 54.8 Å². The zero-order chi connectivity index (χ0) is 24.3. The highest BCUT2D eigenvalue weighted by atomic mass is 16.5. The molecule has 0 aliphatic carbocycles. The third-order valence-corrected chi connectivity index (χ3v) is 5.66. The first-order valence-electron chi connectivity index (χ1n) is 10.9. The summed E-state index contributed by atoms with van der Waals surface area (Å²) in [6.45, 7) is 4.76. The maximum absolute atomic E-state index is 13.6. The number of rotatable bonds is 8. The van der Waals surface area contributed by atoms with Crippen LogP contribution in [-0.4, -0.2) is 62.6 Å². The summed E-state index contributed by atoms with van der Waals surface area (Å²) in [5.41, 5.74) is 1.40. The van der Waals surface area contributed by atoms with E-state index in [4.69, 9.17) is 9.47 Å². The monoisotopic (exact) mass is 454 g/mol. The molecule has 176 valence electrons. The SMILES string of the molecule is CCOc1cc(C2C(=C([O-])c3ccc(OC)cc3C)C(=O)C(=O)N2CC[NH+](C)C)ccc1O. The van der Waals surface area contributed by atoms with Gasteiger partial charge in [-0.3, -0.25) is 9.59 Å². The molecular formula is C25H30N2O6. The number of phenols is 1. The molecule has 33 heavy (non-hydrogen) atoms. The first-order chi connectivity index (χ1) is 15.7. The van der Waals surface area contributed by atoms with E-state index in [0.717, 1.165) is 4.90 Å². The number of aryl methyl sites for hydroxylation is 1. The second-order valence-corrected chi connectivity index (χ2v) is 8.27. The van der Waals surface area contributed by atoms with Gasteiger partial charge in [0, 0.05) is 5.57 Å². The molecule has 1 heterocycles. The van der Waals surface area contributed by atoms with E-state index in [1.54, 1.807) is 44.2 Å². The molecule has 2 aromatic rings. The van der Waals surface area contributed by atoms with Crippen LogP contribution < -0.4 is 19.5 Å². The summed E-state index contributed by atoms with van der Waals surface area (Å²) in [6, 6.07) is 8.73. The number of carbonyl (C=O) groups excluding carboxylic acids is 2. The molecule has 0 spiro atoms. The summed E-state index contributed by atoms with van der Waals surface area (Å²) in [5, 5.41) is 23.7. The molecule has 8 nitrogen and oxygen atoms in total. The molecule has 1 fully saturated rings. The van der Waals surface area contributed by atoms with Crippen molar-refractivity contribution in [3.63, 3.8) is 0 Å². The molecule has 1 amide bonds. The Morgan fingerprint density at radius 3 is 2.52 bits per heavy atom. The van der Waals surface area contributed by atoms with Gasteiger partial charge in [-0.15, -0.1) is 0 Å². The van der Waals surface area contributed by atoms with Gasteiger partial charge < -0.3 is 29.5 Å². The molecule has 0 aromatic heterocycles. The Hall–Kier alpha value is -3.52. The highest BCUT2D eigenvalue weighted by Crippen LogP contribution is 2.41. The number of Topliss-reactive ketones (excluding diaryl/α,β-unsaturated/α-hetero) is 1. The summed E-state index contributed by atoms with van der Waals surface area (Å²) >= 11 is 0. The van der Waals surface area contributed by atoms with Gasteiger partial charge in [0.15, 0.2) is 11.5 Å². The number of ether oxygens (including phenoxy) is 2. The predicted molar refractivity (Wildman–Crippen MR) is 121 cm³/mol. The molecule has 2 N–H and O–H groups in total. The van der Waals surface area contributed by atoms with E-state index in [-0.39, 0.29) is 17.1 Å². The maximum atomic E-state index is 13.6. The van der Waals surface area contributed by atoms with Gasteiger partial charge in [-0.1, -0.05) is 17.9 Å². The van der Waals surface area contributed by atoms with Crippen LogP contribution in [0.25, 0.3) is 5.76 Å². The normalized spacial score (nSPS) is 17.6. The van der Waals surface area contributed by atoms with Crippen molar-refractivity contribution in [1.29, 1.82) is 0 Å². The van der Waals surface area contributed by atoms with Crippen molar-refractivity contribution < 1.29 is 34.2 Å². The number of likely N-dealkylation sites (N-methyl/N-ethyl adjacent to an activating group) is 1. The topological polar surface area (TPSA) is 104 Å². The minimum Gasteiger partial charge on any atom is -0.872 e. The van der Waals surface area contributed by atoms with Crippen molar-refractivity contribution in [1.82, 2.24) is 4.90 Å². The number of hydrogen-bond acceptors (Lipinski definition) is 6. The number of hydrogen-bond donors (Lipinski definition) is 2. The number of aromatic hydroxyl groups is 1. The lowest BCUT2D eigenvalue weighted by molar-refractivity contribution is -0.857. The number of ketones is 1. The Morgan fingerprint density at radius 1 is 1.18 bits per heavy atom. The van der Waals surface area contributed by atoms with E-state index < -0.39 is 23.5 Å². The molecule has 1 saturated heterocycles. The lowest BCUT2D eigenvalue weighted by Crippen LogP contribution is -3.06. The van der Waals surface area contributed by atoms with Crippen molar-refractivity contribution in [2.75, 3.05) is 40.9 Å². The lowest BCUT2D eigenvalue weighted by atomic mass is 9.93. The maximum Gasteiger partial charge on any atom is 0.295 e. The smallest absolute Gasteiger partial charge is 0.295 e. The van der Waals surface area contributed by atoms with Crippen LogP contribution in [0.4, 0.5) is 0 Å². The van der Waals surface area contributed by atoms with Crippen LogP contribution in [0.3, 0.4) is 0 Å². The van der Waals surface area contributed by atoms with E-state index in [0.29, 0.717) is 42.1 Å². The molecule has 1 aliphatic heterocycles. The standard InChI is InChI=1S/C25H30N2O6/c1-6-33-20-14-16(7-10-19(20)28)22-21(24(30)25(31)27(22)12-11-26(3)4)23(29)18-9-8-17(32-5)13-15(18)2/h7-10,13-14,22,28-29H,6,11-12H2,1-5H3. The molecule has 1 aliphatic rings. The molecule has 0 bridgehead atoms. The van der Waals surface area contributed by atoms with Gasteiger partial charge in [0.1, 0.15) is 5.75 Å². The van der Waals surface area contributed by atoms with Crippen molar-refractivity contribution in [3.05, 3.63) is 58.7 Å². The van der Waals surface area contributed by atoms with Crippen molar-refractivity contribution in [2.45, 2.75) is 19.9 Å². The quantitative estimate of drug-likeness (QED) is 0.342. The molecule has 2 aromatic carbocycles. The number of quaternary nitrogens is 1. The number of carbonyl (C=O) groups is 2. The number of phenolic OH excluding ortho intramolecular Hbond substituents is 1. The number of likely N-dealkylation sites (tertiary alicyclic amines) is 1. The van der Waals surface area contributed by atoms with Gasteiger partial charge in [-0.25, -0.2) is 0 Å². The lowest BCUT2D eigenvalue weighted by Gasteiger charge is -2.28. The highest BCUT2D eigenvalue weighted by molar-refractivity contribution is 6.46. The van der Waals surface area contributed by atoms with E-state index in [2.05, 4.69) is 0 Å². The van der Waals surface area contributed by atoms with Gasteiger partial charge in [0.2, 0.25) is 5.78 Å². The second kappa shape index (κ2) is 9.95. The van der Waals surface area contributed by atoms with E-state index in [9.17, 15) is 19.8 Å². The van der Waals surface area contributed by atoms with Gasteiger partial charge >= 0.3 is 0 Å². The fourth-order valence-electron chi connectivity index (χ4n) is 3.93. The van der Waals surface area contributed by atoms with Crippen molar-refractivity contribution in [2.24, 2.45) is 0 Å². The van der Waals surface area contributed by atoms with Crippen LogP contribution in [-0.2, 0) is 9.59 Å². The van der Waals surface area contributed by atoms with Crippen LogP contribution in [0.1, 0.15) is 29.7 Å². The van der Waals surface area contributed by atoms with Crippen LogP contribution in [0.5, 0.6) is 17.2 Å². The van der Waals surface area contributed by atoms with Gasteiger partial charge in [-0.2, -0.15) is 0 Å². The number of methoxy groups -OCH3 is 1. The van der Waals surface area contributed by atoms with Gasteiger partial charge in [0.25, 0.3) is 5.91 Å². The Balaban J connectivity index is 2.20. The van der Waals surface area contributed by atoms with Crippen LogP contribution in [0.15, 0.2) is 42.0 Å². The molecule has 1 unspecified atom stereocenters. The fraction of sp³-hybridized carbons (Fsp3) is 0.360. The first kappa shape index (κ1) is 24.1. The summed E-state index contributed by atoms with van der Waals surface area (Å²) < 4.78 is 10.7. The zero-order valence-electron chi connectivity index (χ0n) is 19.6. The van der Waals surface area contributed by atoms with E-state index in [1.807, 2.05) is 14.1 Å².